The predicted molar refractivity (Wildman–Crippen MR) is 72.6 cm³/mol. The van der Waals surface area contributed by atoms with Gasteiger partial charge in [-0.25, -0.2) is 4.39 Å². The van der Waals surface area contributed by atoms with E-state index < -0.39 is 0 Å². The van der Waals surface area contributed by atoms with E-state index in [4.69, 9.17) is 15.2 Å². The minimum Gasteiger partial charge on any atom is -0.494 e. The Bertz CT molecular complexity index is 417. The molecule has 4 heteroatoms. The van der Waals surface area contributed by atoms with Crippen LogP contribution in [0.2, 0.25) is 0 Å². The van der Waals surface area contributed by atoms with Crippen molar-refractivity contribution in [2.45, 2.75) is 44.2 Å². The minimum absolute atomic E-state index is 0.229. The van der Waals surface area contributed by atoms with Gasteiger partial charge in [-0.1, -0.05) is 31.4 Å². The van der Waals surface area contributed by atoms with Crippen LogP contribution >= 0.6 is 0 Å². The van der Waals surface area contributed by atoms with Crippen LogP contribution in [-0.2, 0) is 11.3 Å². The molecule has 2 N–H and O–H groups in total. The van der Waals surface area contributed by atoms with Crippen LogP contribution in [0.5, 0.6) is 5.75 Å². The summed E-state index contributed by atoms with van der Waals surface area (Å²) in [5, 5.41) is 0. The predicted octanol–water partition coefficient (Wildman–Crippen LogP) is 3.01. The fraction of sp³-hybridized carbons (Fsp3) is 0.600. The van der Waals surface area contributed by atoms with Gasteiger partial charge >= 0.3 is 0 Å². The molecule has 1 aromatic rings. The van der Waals surface area contributed by atoms with Gasteiger partial charge < -0.3 is 15.2 Å². The highest BCUT2D eigenvalue weighted by molar-refractivity contribution is 5.30. The summed E-state index contributed by atoms with van der Waals surface area (Å²) in [5.41, 5.74) is 6.56. The first-order valence-corrected chi connectivity index (χ1v) is 6.83. The molecule has 3 nitrogen and oxygen atoms in total. The molecule has 19 heavy (non-hydrogen) atoms. The first-order chi connectivity index (χ1) is 9.14. The lowest BCUT2D eigenvalue weighted by Gasteiger charge is -2.33. The van der Waals surface area contributed by atoms with E-state index >= 15 is 0 Å². The fourth-order valence-corrected chi connectivity index (χ4v) is 2.59. The van der Waals surface area contributed by atoms with Crippen LogP contribution in [-0.4, -0.2) is 19.3 Å². The minimum atomic E-state index is -0.347. The zero-order valence-electron chi connectivity index (χ0n) is 11.5. The van der Waals surface area contributed by atoms with Gasteiger partial charge in [0.15, 0.2) is 11.6 Å². The summed E-state index contributed by atoms with van der Waals surface area (Å²) in [7, 11) is 1.46. The molecule has 0 radical (unpaired) electrons. The second-order valence-corrected chi connectivity index (χ2v) is 5.35. The van der Waals surface area contributed by atoms with Crippen LogP contribution in [0, 0.1) is 5.82 Å². The lowest BCUT2D eigenvalue weighted by atomic mass is 9.83. The highest BCUT2D eigenvalue weighted by Gasteiger charge is 2.27. The Balaban J connectivity index is 1.88. The molecule has 1 aliphatic rings. The molecule has 0 amide bonds. The number of methoxy groups -OCH3 is 1. The average molecular weight is 267 g/mol. The molecular formula is C15H22FNO2. The molecule has 0 heterocycles. The van der Waals surface area contributed by atoms with E-state index in [-0.39, 0.29) is 23.7 Å². The van der Waals surface area contributed by atoms with Gasteiger partial charge in [0.1, 0.15) is 0 Å². The molecule has 0 bridgehead atoms. The quantitative estimate of drug-likeness (QED) is 0.892. The monoisotopic (exact) mass is 267 g/mol. The maximum atomic E-state index is 13.9. The first-order valence-electron chi connectivity index (χ1n) is 6.83. The van der Waals surface area contributed by atoms with Gasteiger partial charge in [0, 0.05) is 11.1 Å². The van der Waals surface area contributed by atoms with Crippen LogP contribution in [0.4, 0.5) is 4.39 Å². The maximum Gasteiger partial charge on any atom is 0.170 e. The van der Waals surface area contributed by atoms with Gasteiger partial charge in [-0.2, -0.15) is 0 Å². The van der Waals surface area contributed by atoms with Crippen molar-refractivity contribution in [3.8, 4) is 5.75 Å². The number of hydrogen-bond donors (Lipinski definition) is 1. The highest BCUT2D eigenvalue weighted by Crippen LogP contribution is 2.27. The Kier molecular flexibility index (Phi) is 4.77. The van der Waals surface area contributed by atoms with Gasteiger partial charge in [0.25, 0.3) is 0 Å². The highest BCUT2D eigenvalue weighted by atomic mass is 19.1. The van der Waals surface area contributed by atoms with Gasteiger partial charge in [-0.05, 0) is 18.9 Å². The van der Waals surface area contributed by atoms with Crippen molar-refractivity contribution in [3.63, 3.8) is 0 Å². The molecule has 1 saturated carbocycles. The van der Waals surface area contributed by atoms with E-state index in [9.17, 15) is 4.39 Å². The number of rotatable bonds is 5. The summed E-state index contributed by atoms with van der Waals surface area (Å²) in [6.45, 7) is 0.728. The number of halogens is 1. The van der Waals surface area contributed by atoms with Gasteiger partial charge in [-0.3, -0.25) is 0 Å². The zero-order valence-corrected chi connectivity index (χ0v) is 11.5. The van der Waals surface area contributed by atoms with Crippen molar-refractivity contribution in [2.24, 2.45) is 5.73 Å². The van der Waals surface area contributed by atoms with E-state index in [1.807, 2.05) is 0 Å². The molecule has 0 saturated heterocycles. The summed E-state index contributed by atoms with van der Waals surface area (Å²) in [6.07, 6.45) is 5.56. The summed E-state index contributed by atoms with van der Waals surface area (Å²) in [6, 6.07) is 5.08. The van der Waals surface area contributed by atoms with Crippen LogP contribution in [0.25, 0.3) is 0 Å². The molecule has 0 aliphatic heterocycles. The Morgan fingerprint density at radius 2 is 2.00 bits per heavy atom. The first kappa shape index (κ1) is 14.3. The third-order valence-corrected chi connectivity index (χ3v) is 3.76. The average Bonchev–Trinajstić information content (AvgIpc) is 2.41. The smallest absolute Gasteiger partial charge is 0.170 e. The van der Waals surface area contributed by atoms with E-state index in [2.05, 4.69) is 0 Å². The molecule has 2 rings (SSSR count). The van der Waals surface area contributed by atoms with Crippen molar-refractivity contribution in [2.75, 3.05) is 13.7 Å². The standard InChI is InChI=1S/C15H22FNO2/c1-18-13-7-5-6-12(14(13)16)10-19-11-15(17)8-3-2-4-9-15/h5-7H,2-4,8-11,17H2,1H3. The van der Waals surface area contributed by atoms with E-state index in [1.54, 1.807) is 18.2 Å². The molecule has 1 aromatic carbocycles. The van der Waals surface area contributed by atoms with E-state index in [1.165, 1.54) is 13.5 Å². The summed E-state index contributed by atoms with van der Waals surface area (Å²) < 4.78 is 24.5. The maximum absolute atomic E-state index is 13.9. The van der Waals surface area contributed by atoms with E-state index in [0.717, 1.165) is 25.7 Å². The third-order valence-electron chi connectivity index (χ3n) is 3.76. The molecule has 106 valence electrons. The Hall–Kier alpha value is -1.13. The lowest BCUT2D eigenvalue weighted by Crippen LogP contribution is -2.46. The molecule has 0 aromatic heterocycles. The zero-order chi connectivity index (χ0) is 13.7. The van der Waals surface area contributed by atoms with Crippen molar-refractivity contribution in [3.05, 3.63) is 29.6 Å². The lowest BCUT2D eigenvalue weighted by molar-refractivity contribution is 0.0559. The van der Waals surface area contributed by atoms with Crippen LogP contribution in [0.3, 0.4) is 0 Å². The van der Waals surface area contributed by atoms with Crippen molar-refractivity contribution in [1.82, 2.24) is 0 Å². The normalized spacial score (nSPS) is 18.3. The van der Waals surface area contributed by atoms with Gasteiger partial charge in [0.2, 0.25) is 0 Å². The van der Waals surface area contributed by atoms with Gasteiger partial charge in [0.05, 0.1) is 20.3 Å². The molecule has 0 unspecified atom stereocenters. The Labute approximate surface area is 113 Å². The van der Waals surface area contributed by atoms with Crippen molar-refractivity contribution >= 4 is 0 Å². The van der Waals surface area contributed by atoms with Crippen LogP contribution in [0.1, 0.15) is 37.7 Å². The topological polar surface area (TPSA) is 44.5 Å². The van der Waals surface area contributed by atoms with E-state index in [0.29, 0.717) is 12.2 Å². The summed E-state index contributed by atoms with van der Waals surface area (Å²) in [5.74, 6) is -0.0963. The molecule has 1 aliphatic carbocycles. The SMILES string of the molecule is COc1cccc(COCC2(N)CCCCC2)c1F. The second kappa shape index (κ2) is 6.35. The second-order valence-electron chi connectivity index (χ2n) is 5.35. The Morgan fingerprint density at radius 1 is 1.26 bits per heavy atom. The largest absolute Gasteiger partial charge is 0.494 e. The third kappa shape index (κ3) is 3.67. The Morgan fingerprint density at radius 3 is 2.68 bits per heavy atom. The fourth-order valence-electron chi connectivity index (χ4n) is 2.59. The van der Waals surface area contributed by atoms with Crippen molar-refractivity contribution < 1.29 is 13.9 Å². The molecule has 0 atom stereocenters. The van der Waals surface area contributed by atoms with Gasteiger partial charge in [-0.15, -0.1) is 0 Å². The number of hydrogen-bond acceptors (Lipinski definition) is 3. The number of ether oxygens (including phenoxy) is 2. The van der Waals surface area contributed by atoms with Crippen LogP contribution in [0.15, 0.2) is 18.2 Å². The molecular weight excluding hydrogens is 245 g/mol. The molecule has 0 spiro atoms. The molecule has 1 fully saturated rings. The number of nitrogens with two attached hydrogens (primary N) is 1. The van der Waals surface area contributed by atoms with Crippen LogP contribution < -0.4 is 10.5 Å². The summed E-state index contributed by atoms with van der Waals surface area (Å²) in [4.78, 5) is 0. The number of benzene rings is 1. The van der Waals surface area contributed by atoms with Crippen molar-refractivity contribution in [1.29, 1.82) is 0 Å². The summed E-state index contributed by atoms with van der Waals surface area (Å²) >= 11 is 0.